The molecule has 2 aliphatic heterocycles. The summed E-state index contributed by atoms with van der Waals surface area (Å²) in [6, 6.07) is 30.0. The average molecular weight is 458 g/mol. The second-order valence-electron chi connectivity index (χ2n) is 8.88. The predicted molar refractivity (Wildman–Crippen MR) is 145 cm³/mol. The molecule has 2 aliphatic rings. The van der Waals surface area contributed by atoms with Gasteiger partial charge in [-0.05, 0) is 17.2 Å². The van der Waals surface area contributed by atoms with Gasteiger partial charge in [0.15, 0.2) is 0 Å². The Morgan fingerprint density at radius 1 is 0.571 bits per heavy atom. The number of aromatic nitrogens is 1. The molecule has 0 atom stereocenters. The number of nitrogens with zero attached hydrogens (tertiary/aromatic N) is 5. The van der Waals surface area contributed by atoms with Gasteiger partial charge >= 0.3 is 0 Å². The second kappa shape index (κ2) is 9.03. The van der Waals surface area contributed by atoms with Crippen LogP contribution < -0.4 is 14.7 Å². The SMILES string of the molecule is CN1C=CN(c2cncc(N3C=CN(c4c(-c5ccccc5)cccc4-c4ccccc4)C3)c2)C1. The van der Waals surface area contributed by atoms with Gasteiger partial charge in [-0.2, -0.15) is 0 Å². The number of anilines is 3. The van der Waals surface area contributed by atoms with Crippen molar-refractivity contribution in [2.24, 2.45) is 0 Å². The zero-order chi connectivity index (χ0) is 23.6. The van der Waals surface area contributed by atoms with Crippen LogP contribution in [0, 0.1) is 0 Å². The minimum atomic E-state index is 0.713. The van der Waals surface area contributed by atoms with Crippen LogP contribution >= 0.6 is 0 Å². The van der Waals surface area contributed by atoms with Crippen molar-refractivity contribution in [3.63, 3.8) is 0 Å². The highest BCUT2D eigenvalue weighted by atomic mass is 15.4. The van der Waals surface area contributed by atoms with Crippen LogP contribution in [0.3, 0.4) is 0 Å². The number of para-hydroxylation sites is 1. The fourth-order valence-electron chi connectivity index (χ4n) is 4.71. The molecular weight excluding hydrogens is 430 g/mol. The van der Waals surface area contributed by atoms with Gasteiger partial charge < -0.3 is 19.6 Å². The Bertz CT molecular complexity index is 1320. The van der Waals surface area contributed by atoms with Gasteiger partial charge in [-0.1, -0.05) is 78.9 Å². The third kappa shape index (κ3) is 4.13. The van der Waals surface area contributed by atoms with Crippen LogP contribution in [0.1, 0.15) is 0 Å². The zero-order valence-electron chi connectivity index (χ0n) is 19.7. The third-order valence-electron chi connectivity index (χ3n) is 6.47. The summed E-state index contributed by atoms with van der Waals surface area (Å²) in [5.41, 5.74) is 8.22. The van der Waals surface area contributed by atoms with Crippen molar-refractivity contribution in [1.29, 1.82) is 0 Å². The summed E-state index contributed by atoms with van der Waals surface area (Å²) in [4.78, 5) is 13.5. The first-order valence-corrected chi connectivity index (χ1v) is 11.8. The normalized spacial score (nSPS) is 14.9. The molecule has 35 heavy (non-hydrogen) atoms. The van der Waals surface area contributed by atoms with Crippen LogP contribution in [0.5, 0.6) is 0 Å². The zero-order valence-corrected chi connectivity index (χ0v) is 19.7. The van der Waals surface area contributed by atoms with E-state index in [1.807, 2.05) is 12.4 Å². The number of pyridine rings is 1. The molecule has 6 rings (SSSR count). The molecule has 172 valence electrons. The lowest BCUT2D eigenvalue weighted by atomic mass is 9.95. The monoisotopic (exact) mass is 457 g/mol. The molecule has 0 amide bonds. The van der Waals surface area contributed by atoms with Gasteiger partial charge in [-0.25, -0.2) is 0 Å². The minimum Gasteiger partial charge on any atom is -0.361 e. The van der Waals surface area contributed by atoms with Crippen LogP contribution in [-0.4, -0.2) is 30.3 Å². The number of benzene rings is 3. The standard InChI is InChI=1S/C30H27N5/c1-32-15-16-33(22-32)26-19-27(21-31-20-26)34-17-18-35(23-34)30-28(24-9-4-2-5-10-24)13-8-14-29(30)25-11-6-3-7-12-25/h2-21H,22-23H2,1H3. The smallest absolute Gasteiger partial charge is 0.0990 e. The highest BCUT2D eigenvalue weighted by Gasteiger charge is 2.23. The summed E-state index contributed by atoms with van der Waals surface area (Å²) in [6.45, 7) is 1.54. The van der Waals surface area contributed by atoms with Gasteiger partial charge in [0.2, 0.25) is 0 Å². The van der Waals surface area contributed by atoms with Crippen LogP contribution in [0.4, 0.5) is 17.1 Å². The van der Waals surface area contributed by atoms with Crippen LogP contribution in [-0.2, 0) is 0 Å². The topological polar surface area (TPSA) is 25.9 Å². The van der Waals surface area contributed by atoms with Crippen LogP contribution in [0.15, 0.2) is 122 Å². The Labute approximate surface area is 206 Å². The Morgan fingerprint density at radius 2 is 1.11 bits per heavy atom. The highest BCUT2D eigenvalue weighted by Crippen LogP contribution is 2.41. The van der Waals surface area contributed by atoms with Gasteiger partial charge in [-0.15, -0.1) is 0 Å². The lowest BCUT2D eigenvalue weighted by Gasteiger charge is -2.27. The molecule has 5 nitrogen and oxygen atoms in total. The van der Waals surface area contributed by atoms with E-state index in [2.05, 4.69) is 141 Å². The molecule has 4 aromatic rings. The molecule has 0 N–H and O–H groups in total. The van der Waals surface area contributed by atoms with E-state index in [1.165, 1.54) is 27.9 Å². The van der Waals surface area contributed by atoms with E-state index >= 15 is 0 Å². The molecule has 0 spiro atoms. The van der Waals surface area contributed by atoms with Crippen molar-refractivity contribution in [3.05, 3.63) is 122 Å². The van der Waals surface area contributed by atoms with Crippen molar-refractivity contribution in [2.75, 3.05) is 35.1 Å². The molecule has 0 bridgehead atoms. The highest BCUT2D eigenvalue weighted by molar-refractivity contribution is 5.92. The summed E-state index contributed by atoms with van der Waals surface area (Å²) < 4.78 is 0. The summed E-state index contributed by atoms with van der Waals surface area (Å²) in [5, 5.41) is 0. The fraction of sp³-hybridized carbons (Fsp3) is 0.100. The Hall–Kier alpha value is -4.51. The molecule has 0 fully saturated rings. The molecule has 0 saturated heterocycles. The first-order valence-electron chi connectivity index (χ1n) is 11.8. The number of rotatable bonds is 5. The second-order valence-corrected chi connectivity index (χ2v) is 8.88. The molecule has 0 saturated carbocycles. The van der Waals surface area contributed by atoms with Gasteiger partial charge in [0.1, 0.15) is 0 Å². The quantitative estimate of drug-likeness (QED) is 0.348. The van der Waals surface area contributed by atoms with Gasteiger partial charge in [0.25, 0.3) is 0 Å². The van der Waals surface area contributed by atoms with Crippen LogP contribution in [0.2, 0.25) is 0 Å². The summed E-state index contributed by atoms with van der Waals surface area (Å²) in [6.07, 6.45) is 12.3. The molecule has 3 aromatic carbocycles. The van der Waals surface area contributed by atoms with Gasteiger partial charge in [-0.3, -0.25) is 4.98 Å². The molecule has 5 heteroatoms. The van der Waals surface area contributed by atoms with Crippen molar-refractivity contribution in [1.82, 2.24) is 9.88 Å². The van der Waals surface area contributed by atoms with E-state index < -0.39 is 0 Å². The Balaban J connectivity index is 1.36. The van der Waals surface area contributed by atoms with E-state index in [1.54, 1.807) is 0 Å². The van der Waals surface area contributed by atoms with Crippen molar-refractivity contribution in [3.8, 4) is 22.3 Å². The lowest BCUT2D eigenvalue weighted by Crippen LogP contribution is -2.26. The minimum absolute atomic E-state index is 0.713. The van der Waals surface area contributed by atoms with Crippen molar-refractivity contribution < 1.29 is 0 Å². The molecule has 1 aromatic heterocycles. The molecule has 0 radical (unpaired) electrons. The largest absolute Gasteiger partial charge is 0.361 e. The summed E-state index contributed by atoms with van der Waals surface area (Å²) in [7, 11) is 2.07. The third-order valence-corrected chi connectivity index (χ3v) is 6.47. The summed E-state index contributed by atoms with van der Waals surface area (Å²) in [5.74, 6) is 0. The average Bonchev–Trinajstić information content (AvgIpc) is 3.59. The number of hydrogen-bond donors (Lipinski definition) is 0. The molecule has 3 heterocycles. The molecular formula is C30H27N5. The maximum Gasteiger partial charge on any atom is 0.0990 e. The van der Waals surface area contributed by atoms with E-state index in [-0.39, 0.29) is 0 Å². The van der Waals surface area contributed by atoms with Gasteiger partial charge in [0.05, 0.1) is 42.8 Å². The van der Waals surface area contributed by atoms with E-state index in [0.29, 0.717) is 6.67 Å². The van der Waals surface area contributed by atoms with E-state index in [0.717, 1.165) is 18.0 Å². The maximum atomic E-state index is 4.54. The van der Waals surface area contributed by atoms with E-state index in [9.17, 15) is 0 Å². The molecule has 0 aliphatic carbocycles. The molecule has 0 unspecified atom stereocenters. The van der Waals surface area contributed by atoms with Crippen molar-refractivity contribution in [2.45, 2.75) is 0 Å². The first kappa shape index (κ1) is 21.1. The maximum absolute atomic E-state index is 4.54. The fourth-order valence-corrected chi connectivity index (χ4v) is 4.71. The lowest BCUT2D eigenvalue weighted by molar-refractivity contribution is 0.495. The van der Waals surface area contributed by atoms with E-state index in [4.69, 9.17) is 0 Å². The Kier molecular flexibility index (Phi) is 5.43. The summed E-state index contributed by atoms with van der Waals surface area (Å²) >= 11 is 0. The first-order chi connectivity index (χ1) is 17.3. The van der Waals surface area contributed by atoms with Crippen LogP contribution in [0.25, 0.3) is 22.3 Å². The van der Waals surface area contributed by atoms with Crippen molar-refractivity contribution >= 4 is 17.1 Å². The number of hydrogen-bond acceptors (Lipinski definition) is 5. The Morgan fingerprint density at radius 3 is 1.69 bits per heavy atom. The predicted octanol–water partition coefficient (Wildman–Crippen LogP) is 6.35. The van der Waals surface area contributed by atoms with Gasteiger partial charge in [0, 0.05) is 43.0 Å².